The number of nitrogens with one attached hydrogen (secondary N) is 1. The lowest BCUT2D eigenvalue weighted by Crippen LogP contribution is -2.19. The first-order valence-electron chi connectivity index (χ1n) is 10.7. The van der Waals surface area contributed by atoms with Crippen LogP contribution in [0.3, 0.4) is 0 Å². The second-order valence-corrected chi connectivity index (χ2v) is 7.83. The van der Waals surface area contributed by atoms with Crippen LogP contribution in [0.2, 0.25) is 0 Å². The third-order valence-corrected chi connectivity index (χ3v) is 4.32. The first kappa shape index (κ1) is 29.0. The van der Waals surface area contributed by atoms with Crippen molar-refractivity contribution in [1.82, 2.24) is 5.01 Å². The summed E-state index contributed by atoms with van der Waals surface area (Å²) >= 11 is 0. The second kappa shape index (κ2) is 15.8. The van der Waals surface area contributed by atoms with Crippen LogP contribution < -0.4 is 5.43 Å². The third-order valence-electron chi connectivity index (χ3n) is 4.32. The molecular formula is C28H40FN3. The monoisotopic (exact) mass is 437 g/mol. The number of hydrogen-bond acceptors (Lipinski definition) is 3. The lowest BCUT2D eigenvalue weighted by atomic mass is 10.1. The van der Waals surface area contributed by atoms with Crippen LogP contribution in [0, 0.1) is 19.7 Å². The zero-order chi connectivity index (χ0) is 24.7. The van der Waals surface area contributed by atoms with Crippen molar-refractivity contribution in [3.05, 3.63) is 95.5 Å². The van der Waals surface area contributed by atoms with Gasteiger partial charge in [-0.2, -0.15) is 0 Å². The Balaban J connectivity index is 0.000000547. The van der Waals surface area contributed by atoms with Gasteiger partial charge in [0.15, 0.2) is 0 Å². The van der Waals surface area contributed by atoms with Crippen LogP contribution in [0.4, 0.5) is 10.1 Å². The van der Waals surface area contributed by atoms with Gasteiger partial charge in [-0.3, -0.25) is 4.99 Å². The Kier molecular flexibility index (Phi) is 14.3. The van der Waals surface area contributed by atoms with Gasteiger partial charge in [-0.1, -0.05) is 43.0 Å². The zero-order valence-electron chi connectivity index (χ0n) is 21.3. The van der Waals surface area contributed by atoms with E-state index in [4.69, 9.17) is 0 Å². The van der Waals surface area contributed by atoms with Gasteiger partial charge in [-0.25, -0.2) is 9.40 Å². The van der Waals surface area contributed by atoms with Gasteiger partial charge in [0.1, 0.15) is 5.82 Å². The number of aliphatic imine (C=N–C) groups is 1. The van der Waals surface area contributed by atoms with Crippen LogP contribution in [0.5, 0.6) is 0 Å². The van der Waals surface area contributed by atoms with Gasteiger partial charge in [-0.15, -0.1) is 0 Å². The molecule has 0 spiro atoms. The number of benzene rings is 2. The molecule has 4 heteroatoms. The quantitative estimate of drug-likeness (QED) is 0.291. The molecule has 0 fully saturated rings. The standard InChI is InChI=1S/C15H18FN.C9H14N2.C4H8/c1-10(2)13(5)17-9-12(4)14-7-6-11(3)8-15(14)16;1-8-5-4-6-9(7-8)10-11(2)3;1-3-4-2/h6-9H,1H2,2-5H3;4-7,10H,1-3H3;3-4H,1-2H3/b12-9+,17-13?;;4-3-. The van der Waals surface area contributed by atoms with E-state index in [1.54, 1.807) is 12.3 Å². The molecule has 0 unspecified atom stereocenters. The molecule has 174 valence electrons. The summed E-state index contributed by atoms with van der Waals surface area (Å²) in [4.78, 5) is 4.25. The van der Waals surface area contributed by atoms with Crippen LogP contribution in [-0.4, -0.2) is 24.8 Å². The second-order valence-electron chi connectivity index (χ2n) is 7.83. The fourth-order valence-corrected chi connectivity index (χ4v) is 2.29. The molecule has 0 atom stereocenters. The molecule has 0 heterocycles. The van der Waals surface area contributed by atoms with E-state index in [1.807, 2.05) is 91.0 Å². The molecule has 2 rings (SSSR count). The summed E-state index contributed by atoms with van der Waals surface area (Å²) in [5.41, 5.74) is 9.68. The predicted molar refractivity (Wildman–Crippen MR) is 142 cm³/mol. The molecule has 0 bridgehead atoms. The molecule has 2 aromatic carbocycles. The van der Waals surface area contributed by atoms with Crippen molar-refractivity contribution in [2.45, 2.75) is 48.5 Å². The Morgan fingerprint density at radius 2 is 1.56 bits per heavy atom. The smallest absolute Gasteiger partial charge is 0.131 e. The summed E-state index contributed by atoms with van der Waals surface area (Å²) in [6, 6.07) is 13.5. The molecule has 0 saturated carbocycles. The number of aryl methyl sites for hydroxylation is 2. The van der Waals surface area contributed by atoms with Gasteiger partial charge < -0.3 is 5.43 Å². The highest BCUT2D eigenvalue weighted by atomic mass is 19.1. The summed E-state index contributed by atoms with van der Waals surface area (Å²) in [6.45, 7) is 17.4. The van der Waals surface area contributed by atoms with Crippen LogP contribution in [-0.2, 0) is 0 Å². The normalized spacial score (nSPS) is 11.5. The maximum absolute atomic E-state index is 13.7. The number of rotatable bonds is 5. The van der Waals surface area contributed by atoms with Crippen LogP contribution in [0.15, 0.2) is 78.0 Å². The summed E-state index contributed by atoms with van der Waals surface area (Å²) in [7, 11) is 3.95. The summed E-state index contributed by atoms with van der Waals surface area (Å²) < 4.78 is 13.7. The SMILES string of the molecule is C/C=C\C.C=C(C)C(C)=N/C=C(\C)c1ccc(C)cc1F.Cc1cccc(NN(C)C)c1. The van der Waals surface area contributed by atoms with E-state index < -0.39 is 0 Å². The first-order chi connectivity index (χ1) is 15.0. The number of hydrazine groups is 1. The van der Waals surface area contributed by atoms with E-state index in [0.717, 1.165) is 28.1 Å². The maximum atomic E-state index is 13.7. The lowest BCUT2D eigenvalue weighted by molar-refractivity contribution is 0.495. The minimum atomic E-state index is -0.207. The average molecular weight is 438 g/mol. The number of anilines is 1. The van der Waals surface area contributed by atoms with Crippen LogP contribution >= 0.6 is 0 Å². The van der Waals surface area contributed by atoms with Gasteiger partial charge in [0.2, 0.25) is 0 Å². The van der Waals surface area contributed by atoms with Crippen molar-refractivity contribution in [3.8, 4) is 0 Å². The highest BCUT2D eigenvalue weighted by Crippen LogP contribution is 2.19. The molecule has 1 N–H and O–H groups in total. The largest absolute Gasteiger partial charge is 0.319 e. The zero-order valence-corrected chi connectivity index (χ0v) is 21.3. The number of nitrogens with zero attached hydrogens (tertiary/aromatic N) is 2. The van der Waals surface area contributed by atoms with Gasteiger partial charge in [0, 0.05) is 37.3 Å². The van der Waals surface area contributed by atoms with Gasteiger partial charge in [-0.05, 0) is 88.9 Å². The Bertz CT molecular complexity index is 933. The van der Waals surface area contributed by atoms with Crippen molar-refractivity contribution < 1.29 is 4.39 Å². The van der Waals surface area contributed by atoms with E-state index in [9.17, 15) is 4.39 Å². The Morgan fingerprint density at radius 1 is 0.969 bits per heavy atom. The number of hydrogen-bond donors (Lipinski definition) is 1. The molecule has 0 amide bonds. The number of allylic oxidation sites excluding steroid dienone is 4. The van der Waals surface area contributed by atoms with Crippen molar-refractivity contribution in [3.63, 3.8) is 0 Å². The Morgan fingerprint density at radius 3 is 2.03 bits per heavy atom. The molecule has 0 radical (unpaired) electrons. The van der Waals surface area contributed by atoms with Gasteiger partial charge in [0.25, 0.3) is 0 Å². The third kappa shape index (κ3) is 12.7. The molecule has 32 heavy (non-hydrogen) atoms. The Hall–Kier alpha value is -2.98. The van der Waals surface area contributed by atoms with Gasteiger partial charge in [0.05, 0.1) is 0 Å². The van der Waals surface area contributed by atoms with E-state index in [0.29, 0.717) is 5.56 Å². The molecular weight excluding hydrogens is 397 g/mol. The predicted octanol–water partition coefficient (Wildman–Crippen LogP) is 8.00. The van der Waals surface area contributed by atoms with Crippen molar-refractivity contribution in [1.29, 1.82) is 0 Å². The molecule has 0 saturated heterocycles. The number of halogens is 1. The van der Waals surface area contributed by atoms with Gasteiger partial charge >= 0.3 is 0 Å². The topological polar surface area (TPSA) is 27.6 Å². The van der Waals surface area contributed by atoms with E-state index in [2.05, 4.69) is 36.1 Å². The minimum Gasteiger partial charge on any atom is -0.319 e. The summed E-state index contributed by atoms with van der Waals surface area (Å²) in [5.74, 6) is -0.207. The summed E-state index contributed by atoms with van der Waals surface area (Å²) in [5, 5.41) is 1.93. The lowest BCUT2D eigenvalue weighted by Gasteiger charge is -2.13. The molecule has 0 aliphatic rings. The fraction of sp³-hybridized carbons (Fsp3) is 0.321. The van der Waals surface area contributed by atoms with Crippen LogP contribution in [0.25, 0.3) is 5.57 Å². The molecule has 0 aliphatic heterocycles. The van der Waals surface area contributed by atoms with E-state index >= 15 is 0 Å². The van der Waals surface area contributed by atoms with Crippen molar-refractivity contribution in [2.75, 3.05) is 19.5 Å². The molecule has 3 nitrogen and oxygen atoms in total. The van der Waals surface area contributed by atoms with Crippen molar-refractivity contribution in [2.24, 2.45) is 4.99 Å². The fourth-order valence-electron chi connectivity index (χ4n) is 2.29. The highest BCUT2D eigenvalue weighted by molar-refractivity contribution is 5.97. The molecule has 2 aromatic rings. The van der Waals surface area contributed by atoms with E-state index in [-0.39, 0.29) is 5.82 Å². The Labute approximate surface area is 195 Å². The highest BCUT2D eigenvalue weighted by Gasteiger charge is 2.03. The average Bonchev–Trinajstić information content (AvgIpc) is 2.72. The summed E-state index contributed by atoms with van der Waals surface area (Å²) in [6.07, 6.45) is 5.68. The minimum absolute atomic E-state index is 0.207. The maximum Gasteiger partial charge on any atom is 0.131 e. The van der Waals surface area contributed by atoms with Crippen LogP contribution in [0.1, 0.15) is 51.3 Å². The van der Waals surface area contributed by atoms with E-state index in [1.165, 1.54) is 11.6 Å². The molecule has 0 aromatic heterocycles. The van der Waals surface area contributed by atoms with Crippen molar-refractivity contribution >= 4 is 17.0 Å². The first-order valence-corrected chi connectivity index (χ1v) is 10.7. The molecule has 0 aliphatic carbocycles.